The highest BCUT2D eigenvalue weighted by Gasteiger charge is 2.25. The summed E-state index contributed by atoms with van der Waals surface area (Å²) in [6.45, 7) is 10.7. The molecule has 2 rings (SSSR count). The van der Waals surface area contributed by atoms with Crippen LogP contribution in [0.15, 0.2) is 6.20 Å². The molecule has 21 heavy (non-hydrogen) atoms. The third-order valence-corrected chi connectivity index (χ3v) is 3.60. The van der Waals surface area contributed by atoms with Crippen molar-refractivity contribution >= 4 is 5.82 Å². The Hall–Kier alpha value is -1.91. The monoisotopic (exact) mass is 287 g/mol. The molecule has 0 saturated carbocycles. The first kappa shape index (κ1) is 15.5. The van der Waals surface area contributed by atoms with Crippen molar-refractivity contribution in [1.29, 1.82) is 0 Å². The Bertz CT molecular complexity index is 624. The van der Waals surface area contributed by atoms with Gasteiger partial charge in [0.1, 0.15) is 5.82 Å². The van der Waals surface area contributed by atoms with Crippen molar-refractivity contribution in [2.75, 3.05) is 12.4 Å². The van der Waals surface area contributed by atoms with Crippen LogP contribution in [-0.4, -0.2) is 26.8 Å². The van der Waals surface area contributed by atoms with E-state index in [1.54, 1.807) is 0 Å². The van der Waals surface area contributed by atoms with E-state index < -0.39 is 0 Å². The molecular weight excluding hydrogens is 262 g/mol. The smallest absolute Gasteiger partial charge is 0.165 e. The van der Waals surface area contributed by atoms with Crippen LogP contribution in [0.1, 0.15) is 44.6 Å². The summed E-state index contributed by atoms with van der Waals surface area (Å²) in [6.07, 6.45) is 2.89. The molecule has 0 aliphatic carbocycles. The molecule has 0 spiro atoms. The van der Waals surface area contributed by atoms with Gasteiger partial charge in [0.2, 0.25) is 0 Å². The number of hydrogen-bond acceptors (Lipinski definition) is 4. The zero-order chi connectivity index (χ0) is 15.8. The Morgan fingerprint density at radius 1 is 1.24 bits per heavy atom. The Labute approximate surface area is 126 Å². The molecule has 5 nitrogen and oxygen atoms in total. The summed E-state index contributed by atoms with van der Waals surface area (Å²) < 4.78 is 1.84. The van der Waals surface area contributed by atoms with Crippen LogP contribution in [0.4, 0.5) is 5.82 Å². The van der Waals surface area contributed by atoms with Gasteiger partial charge in [-0.05, 0) is 13.3 Å². The number of anilines is 1. The lowest BCUT2D eigenvalue weighted by Crippen LogP contribution is -2.14. The van der Waals surface area contributed by atoms with E-state index in [2.05, 4.69) is 50.0 Å². The zero-order valence-corrected chi connectivity index (χ0v) is 14.1. The maximum absolute atomic E-state index is 4.75. The van der Waals surface area contributed by atoms with Gasteiger partial charge in [-0.2, -0.15) is 5.10 Å². The topological polar surface area (TPSA) is 55.6 Å². The molecular formula is C16H25N5. The Kier molecular flexibility index (Phi) is 4.03. The van der Waals surface area contributed by atoms with Crippen LogP contribution < -0.4 is 5.32 Å². The van der Waals surface area contributed by atoms with Crippen molar-refractivity contribution in [2.24, 2.45) is 7.05 Å². The summed E-state index contributed by atoms with van der Waals surface area (Å²) in [7, 11) is 3.83. The number of aromatic nitrogens is 4. The fraction of sp³-hybridized carbons (Fsp3) is 0.562. The molecule has 0 radical (unpaired) electrons. The van der Waals surface area contributed by atoms with Crippen molar-refractivity contribution < 1.29 is 0 Å². The molecule has 2 aromatic rings. The number of nitrogens with zero attached hydrogens (tertiary/aromatic N) is 4. The van der Waals surface area contributed by atoms with Crippen molar-refractivity contribution in [3.8, 4) is 11.4 Å². The van der Waals surface area contributed by atoms with E-state index >= 15 is 0 Å². The van der Waals surface area contributed by atoms with E-state index in [-0.39, 0.29) is 5.41 Å². The van der Waals surface area contributed by atoms with E-state index in [0.717, 1.165) is 40.6 Å². The molecule has 0 atom stereocenters. The Morgan fingerprint density at radius 2 is 1.90 bits per heavy atom. The minimum atomic E-state index is -0.0446. The van der Waals surface area contributed by atoms with Crippen LogP contribution >= 0.6 is 0 Å². The molecule has 0 aromatic carbocycles. The third-order valence-electron chi connectivity index (χ3n) is 3.60. The summed E-state index contributed by atoms with van der Waals surface area (Å²) in [4.78, 5) is 9.43. The fourth-order valence-electron chi connectivity index (χ4n) is 2.48. The van der Waals surface area contributed by atoms with Crippen LogP contribution in [0.3, 0.4) is 0 Å². The van der Waals surface area contributed by atoms with E-state index in [9.17, 15) is 0 Å². The predicted octanol–water partition coefficient (Wildman–Crippen LogP) is 3.09. The van der Waals surface area contributed by atoms with E-state index in [4.69, 9.17) is 4.98 Å². The number of rotatable bonds is 3. The number of nitrogens with one attached hydrogen (secondary N) is 1. The van der Waals surface area contributed by atoms with Crippen LogP contribution in [-0.2, 0) is 18.9 Å². The first-order valence-corrected chi connectivity index (χ1v) is 7.37. The molecule has 0 amide bonds. The van der Waals surface area contributed by atoms with Gasteiger partial charge in [-0.1, -0.05) is 27.7 Å². The van der Waals surface area contributed by atoms with Crippen molar-refractivity contribution in [2.45, 2.75) is 46.5 Å². The quantitative estimate of drug-likeness (QED) is 0.942. The maximum Gasteiger partial charge on any atom is 0.165 e. The van der Waals surface area contributed by atoms with Gasteiger partial charge >= 0.3 is 0 Å². The van der Waals surface area contributed by atoms with Gasteiger partial charge in [0.05, 0.1) is 11.3 Å². The molecule has 0 aliphatic rings. The largest absolute Gasteiger partial charge is 0.373 e. The molecule has 5 heteroatoms. The lowest BCUT2D eigenvalue weighted by atomic mass is 9.89. The first-order chi connectivity index (χ1) is 9.77. The summed E-state index contributed by atoms with van der Waals surface area (Å²) in [5, 5.41) is 7.77. The van der Waals surface area contributed by atoms with Gasteiger partial charge in [-0.25, -0.2) is 9.97 Å². The van der Waals surface area contributed by atoms with Gasteiger partial charge in [-0.15, -0.1) is 0 Å². The van der Waals surface area contributed by atoms with E-state index in [0.29, 0.717) is 0 Å². The fourth-order valence-corrected chi connectivity index (χ4v) is 2.48. The SMILES string of the molecule is CCc1nc(-c2cn(C)nc2C(C)(C)C)nc(NC)c1C. The Balaban J connectivity index is 2.68. The van der Waals surface area contributed by atoms with Gasteiger partial charge in [0.15, 0.2) is 5.82 Å². The normalized spacial score (nSPS) is 11.8. The highest BCUT2D eigenvalue weighted by Crippen LogP contribution is 2.31. The summed E-state index contributed by atoms with van der Waals surface area (Å²) in [5.41, 5.74) is 4.18. The summed E-state index contributed by atoms with van der Waals surface area (Å²) >= 11 is 0. The van der Waals surface area contributed by atoms with E-state index in [1.165, 1.54) is 0 Å². The van der Waals surface area contributed by atoms with Crippen LogP contribution in [0.25, 0.3) is 11.4 Å². The third kappa shape index (κ3) is 2.91. The van der Waals surface area contributed by atoms with Crippen LogP contribution in [0.2, 0.25) is 0 Å². The molecule has 0 saturated heterocycles. The molecule has 0 fully saturated rings. The van der Waals surface area contributed by atoms with Gasteiger partial charge in [0, 0.05) is 37.0 Å². The predicted molar refractivity (Wildman–Crippen MR) is 86.6 cm³/mol. The molecule has 0 aliphatic heterocycles. The summed E-state index contributed by atoms with van der Waals surface area (Å²) in [6, 6.07) is 0. The van der Waals surface area contributed by atoms with Gasteiger partial charge in [0.25, 0.3) is 0 Å². The van der Waals surface area contributed by atoms with Crippen molar-refractivity contribution in [3.63, 3.8) is 0 Å². The van der Waals surface area contributed by atoms with Crippen molar-refractivity contribution in [3.05, 3.63) is 23.1 Å². The molecule has 2 aromatic heterocycles. The lowest BCUT2D eigenvalue weighted by molar-refractivity contribution is 0.554. The average molecular weight is 287 g/mol. The number of hydrogen-bond donors (Lipinski definition) is 1. The maximum atomic E-state index is 4.75. The molecule has 2 heterocycles. The molecule has 1 N–H and O–H groups in total. The second-order valence-electron chi connectivity index (χ2n) is 6.39. The molecule has 0 bridgehead atoms. The molecule has 114 valence electrons. The summed E-state index contributed by atoms with van der Waals surface area (Å²) in [5.74, 6) is 1.64. The first-order valence-electron chi connectivity index (χ1n) is 7.37. The average Bonchev–Trinajstić information content (AvgIpc) is 2.81. The van der Waals surface area contributed by atoms with Gasteiger partial charge in [-0.3, -0.25) is 4.68 Å². The second-order valence-corrected chi connectivity index (χ2v) is 6.39. The highest BCUT2D eigenvalue weighted by atomic mass is 15.3. The standard InChI is InChI=1S/C16H25N5/c1-8-12-10(2)14(17-6)19-15(18-12)11-9-21(7)20-13(11)16(3,4)5/h9H,8H2,1-7H3,(H,17,18,19). The lowest BCUT2D eigenvalue weighted by Gasteiger charge is -2.18. The van der Waals surface area contributed by atoms with Crippen LogP contribution in [0, 0.1) is 6.92 Å². The minimum Gasteiger partial charge on any atom is -0.373 e. The number of aryl methyl sites for hydroxylation is 2. The zero-order valence-electron chi connectivity index (χ0n) is 14.1. The highest BCUT2D eigenvalue weighted by molar-refractivity contribution is 5.62. The van der Waals surface area contributed by atoms with E-state index in [1.807, 2.05) is 25.0 Å². The Morgan fingerprint density at radius 3 is 2.43 bits per heavy atom. The second kappa shape index (κ2) is 5.47. The molecule has 0 unspecified atom stereocenters. The van der Waals surface area contributed by atoms with Crippen molar-refractivity contribution in [1.82, 2.24) is 19.7 Å². The van der Waals surface area contributed by atoms with Gasteiger partial charge < -0.3 is 5.32 Å². The van der Waals surface area contributed by atoms with Crippen LogP contribution in [0.5, 0.6) is 0 Å². The minimum absolute atomic E-state index is 0.0446.